The first-order valence-corrected chi connectivity index (χ1v) is 10.4. The summed E-state index contributed by atoms with van der Waals surface area (Å²) in [7, 11) is 0. The Kier molecular flexibility index (Phi) is 6.66. The van der Waals surface area contributed by atoms with Crippen LogP contribution >= 0.6 is 22.9 Å². The van der Waals surface area contributed by atoms with Crippen molar-refractivity contribution in [3.05, 3.63) is 61.8 Å². The number of nitrogens with one attached hydrogen (secondary N) is 2. The van der Waals surface area contributed by atoms with Gasteiger partial charge in [0.25, 0.3) is 5.56 Å². The van der Waals surface area contributed by atoms with Gasteiger partial charge in [-0.25, -0.2) is 4.98 Å². The van der Waals surface area contributed by atoms with E-state index in [0.29, 0.717) is 28.3 Å². The monoisotopic (exact) mass is 432 g/mol. The smallest absolute Gasteiger partial charge is 0.258 e. The maximum absolute atomic E-state index is 12.9. The first-order valence-electron chi connectivity index (χ1n) is 9.14. The number of carbonyl (C=O) groups excluding carboxylic acids is 2. The Morgan fingerprint density at radius 1 is 1.34 bits per heavy atom. The van der Waals surface area contributed by atoms with Crippen LogP contribution < -0.4 is 10.9 Å². The average Bonchev–Trinajstić information content (AvgIpc) is 3.19. The molecule has 3 rings (SSSR count). The van der Waals surface area contributed by atoms with Gasteiger partial charge >= 0.3 is 0 Å². The van der Waals surface area contributed by atoms with Gasteiger partial charge in [-0.2, -0.15) is 0 Å². The summed E-state index contributed by atoms with van der Waals surface area (Å²) in [5, 5.41) is 5.66. The number of aromatic amines is 1. The number of hydrogen-bond donors (Lipinski definition) is 2. The van der Waals surface area contributed by atoms with Gasteiger partial charge in [-0.15, -0.1) is 11.3 Å². The number of carbonyl (C=O) groups is 2. The van der Waals surface area contributed by atoms with Gasteiger partial charge in [0.2, 0.25) is 11.8 Å². The highest BCUT2D eigenvalue weighted by molar-refractivity contribution is 7.10. The number of nitrogens with zero attached hydrogens (tertiary/aromatic N) is 2. The van der Waals surface area contributed by atoms with Crippen LogP contribution in [0.2, 0.25) is 5.02 Å². The number of H-pyrrole nitrogens is 1. The molecule has 2 aromatic heterocycles. The van der Waals surface area contributed by atoms with E-state index in [4.69, 9.17) is 11.6 Å². The van der Waals surface area contributed by atoms with Crippen LogP contribution in [0.4, 0.5) is 0 Å². The molecular formula is C20H21ClN4O3S. The van der Waals surface area contributed by atoms with Gasteiger partial charge in [0.05, 0.1) is 29.9 Å². The zero-order chi connectivity index (χ0) is 21.0. The molecule has 1 unspecified atom stereocenters. The number of hydrogen-bond acceptors (Lipinski definition) is 5. The first-order chi connectivity index (χ1) is 13.9. The van der Waals surface area contributed by atoms with Crippen LogP contribution in [0.3, 0.4) is 0 Å². The Bertz CT molecular complexity index is 1080. The lowest BCUT2D eigenvalue weighted by atomic mass is 10.1. The second kappa shape index (κ2) is 9.19. The van der Waals surface area contributed by atoms with Gasteiger partial charge < -0.3 is 15.2 Å². The fourth-order valence-electron chi connectivity index (χ4n) is 3.05. The Hall–Kier alpha value is -2.71. The predicted octanol–water partition coefficient (Wildman–Crippen LogP) is 3.25. The molecule has 9 heteroatoms. The lowest BCUT2D eigenvalue weighted by Gasteiger charge is -2.24. The van der Waals surface area contributed by atoms with Gasteiger partial charge in [-0.3, -0.25) is 14.4 Å². The lowest BCUT2D eigenvalue weighted by molar-refractivity contribution is -0.132. The van der Waals surface area contributed by atoms with E-state index in [-0.39, 0.29) is 30.3 Å². The topological polar surface area (TPSA) is 95.2 Å². The van der Waals surface area contributed by atoms with E-state index in [1.54, 1.807) is 23.1 Å². The third-order valence-corrected chi connectivity index (χ3v) is 5.66. The second-order valence-corrected chi connectivity index (χ2v) is 7.97. The van der Waals surface area contributed by atoms with Crippen molar-refractivity contribution in [2.45, 2.75) is 32.9 Å². The Morgan fingerprint density at radius 2 is 2.14 bits per heavy atom. The summed E-state index contributed by atoms with van der Waals surface area (Å²) >= 11 is 7.49. The molecule has 1 atom stereocenters. The molecule has 0 aliphatic heterocycles. The van der Waals surface area contributed by atoms with Crippen LogP contribution in [0, 0.1) is 0 Å². The quantitative estimate of drug-likeness (QED) is 0.599. The van der Waals surface area contributed by atoms with Crippen molar-refractivity contribution in [1.82, 2.24) is 20.2 Å². The number of fused-ring (bicyclic) bond motifs is 1. The van der Waals surface area contributed by atoms with Crippen molar-refractivity contribution >= 4 is 45.7 Å². The zero-order valence-electron chi connectivity index (χ0n) is 16.1. The lowest BCUT2D eigenvalue weighted by Crippen LogP contribution is -2.36. The number of aromatic nitrogens is 2. The minimum Gasteiger partial charge on any atom is -0.348 e. The van der Waals surface area contributed by atoms with Crippen molar-refractivity contribution in [1.29, 1.82) is 0 Å². The molecule has 7 nitrogen and oxygen atoms in total. The fourth-order valence-corrected chi connectivity index (χ4v) is 4.00. The minimum absolute atomic E-state index is 0.123. The normalized spacial score (nSPS) is 12.0. The van der Waals surface area contributed by atoms with Crippen molar-refractivity contribution in [2.24, 2.45) is 0 Å². The molecule has 0 aliphatic rings. The molecule has 0 radical (unpaired) electrons. The summed E-state index contributed by atoms with van der Waals surface area (Å²) in [6.07, 6.45) is 0.123. The fraction of sp³-hybridized carbons (Fsp3) is 0.300. The Labute approximate surface area is 176 Å². The van der Waals surface area contributed by atoms with Crippen LogP contribution in [-0.4, -0.2) is 33.2 Å². The summed E-state index contributed by atoms with van der Waals surface area (Å²) in [5.74, 6) is 0.0392. The molecule has 0 fully saturated rings. The highest BCUT2D eigenvalue weighted by Crippen LogP contribution is 2.23. The predicted molar refractivity (Wildman–Crippen MR) is 114 cm³/mol. The number of thiophene rings is 1. The van der Waals surface area contributed by atoms with Crippen molar-refractivity contribution in [3.8, 4) is 0 Å². The van der Waals surface area contributed by atoms with E-state index in [1.807, 2.05) is 24.4 Å². The first kappa shape index (κ1) is 21.0. The molecule has 0 saturated heterocycles. The number of benzene rings is 1. The minimum atomic E-state index is -0.392. The van der Waals surface area contributed by atoms with E-state index < -0.39 is 6.04 Å². The van der Waals surface area contributed by atoms with E-state index >= 15 is 0 Å². The Morgan fingerprint density at radius 3 is 2.79 bits per heavy atom. The number of halogens is 1. The maximum atomic E-state index is 12.9. The van der Waals surface area contributed by atoms with Gasteiger partial charge in [-0.05, 0) is 36.6 Å². The van der Waals surface area contributed by atoms with Gasteiger partial charge in [0, 0.05) is 23.4 Å². The molecule has 2 heterocycles. The van der Waals surface area contributed by atoms with Crippen LogP contribution in [0.15, 0.2) is 40.5 Å². The molecule has 152 valence electrons. The molecule has 0 saturated carbocycles. The third kappa shape index (κ3) is 5.21. The third-order valence-electron chi connectivity index (χ3n) is 4.44. The SMILES string of the molecule is CCN(Cc1nc2cc(Cl)ccc2c(=O)[nH]1)C(=O)CC(NC(C)=O)c1cccs1. The van der Waals surface area contributed by atoms with Crippen molar-refractivity contribution in [2.75, 3.05) is 6.54 Å². The summed E-state index contributed by atoms with van der Waals surface area (Å²) in [6, 6.07) is 8.25. The van der Waals surface area contributed by atoms with E-state index in [0.717, 1.165) is 4.88 Å². The van der Waals surface area contributed by atoms with Gasteiger partial charge in [0.1, 0.15) is 5.82 Å². The molecule has 0 aliphatic carbocycles. The number of amides is 2. The van der Waals surface area contributed by atoms with E-state index in [1.165, 1.54) is 18.3 Å². The van der Waals surface area contributed by atoms with Crippen molar-refractivity contribution in [3.63, 3.8) is 0 Å². The van der Waals surface area contributed by atoms with Crippen LogP contribution in [0.5, 0.6) is 0 Å². The molecule has 29 heavy (non-hydrogen) atoms. The molecule has 2 N–H and O–H groups in total. The average molecular weight is 433 g/mol. The molecule has 0 bridgehead atoms. The van der Waals surface area contributed by atoms with Crippen molar-refractivity contribution < 1.29 is 9.59 Å². The van der Waals surface area contributed by atoms with Gasteiger partial charge in [-0.1, -0.05) is 17.7 Å². The van der Waals surface area contributed by atoms with Crippen LogP contribution in [-0.2, 0) is 16.1 Å². The largest absolute Gasteiger partial charge is 0.348 e. The van der Waals surface area contributed by atoms with E-state index in [9.17, 15) is 14.4 Å². The highest BCUT2D eigenvalue weighted by Gasteiger charge is 2.22. The summed E-state index contributed by atoms with van der Waals surface area (Å²) in [6.45, 7) is 3.88. The summed E-state index contributed by atoms with van der Waals surface area (Å²) in [5.41, 5.74) is 0.203. The van der Waals surface area contributed by atoms with Crippen LogP contribution in [0.25, 0.3) is 10.9 Å². The zero-order valence-corrected chi connectivity index (χ0v) is 17.6. The molecule has 0 spiro atoms. The Balaban J connectivity index is 1.80. The molecule has 2 amide bonds. The maximum Gasteiger partial charge on any atom is 0.258 e. The molecule has 1 aromatic carbocycles. The highest BCUT2D eigenvalue weighted by atomic mass is 35.5. The molecule has 3 aromatic rings. The standard InChI is InChI=1S/C20H21ClN4O3S/c1-3-25(19(27)10-16(22-12(2)26)17-5-4-8-29-17)11-18-23-15-9-13(21)6-7-14(15)20(28)24-18/h4-9,16H,3,10-11H2,1-2H3,(H,22,26)(H,23,24,28). The second-order valence-electron chi connectivity index (χ2n) is 6.55. The van der Waals surface area contributed by atoms with E-state index in [2.05, 4.69) is 15.3 Å². The number of rotatable bonds is 7. The van der Waals surface area contributed by atoms with Gasteiger partial charge in [0.15, 0.2) is 0 Å². The van der Waals surface area contributed by atoms with Crippen LogP contribution in [0.1, 0.15) is 37.0 Å². The summed E-state index contributed by atoms with van der Waals surface area (Å²) in [4.78, 5) is 46.5. The molecular weight excluding hydrogens is 412 g/mol. The summed E-state index contributed by atoms with van der Waals surface area (Å²) < 4.78 is 0.